The van der Waals surface area contributed by atoms with Crippen molar-refractivity contribution in [2.75, 3.05) is 25.3 Å². The zero-order valence-corrected chi connectivity index (χ0v) is 17.8. The third kappa shape index (κ3) is 4.47. The third-order valence-corrected chi connectivity index (χ3v) is 5.51. The number of rotatable bonds is 7. The van der Waals surface area contributed by atoms with Gasteiger partial charge in [-0.25, -0.2) is 0 Å². The van der Waals surface area contributed by atoms with Gasteiger partial charge in [0.25, 0.3) is 11.5 Å². The Hall–Kier alpha value is -2.36. The van der Waals surface area contributed by atoms with Gasteiger partial charge >= 0.3 is 0 Å². The first-order valence-electron chi connectivity index (χ1n) is 8.88. The van der Waals surface area contributed by atoms with E-state index in [-0.39, 0.29) is 36.6 Å². The van der Waals surface area contributed by atoms with Gasteiger partial charge in [0.1, 0.15) is 12.2 Å². The lowest BCUT2D eigenvalue weighted by Gasteiger charge is -2.23. The van der Waals surface area contributed by atoms with E-state index in [0.29, 0.717) is 28.0 Å². The second kappa shape index (κ2) is 8.98. The molecule has 0 aliphatic carbocycles. The summed E-state index contributed by atoms with van der Waals surface area (Å²) in [5.74, 6) is -0.648. The quantitative estimate of drug-likeness (QED) is 0.528. The summed E-state index contributed by atoms with van der Waals surface area (Å²) in [7, 11) is 1.55. The summed E-state index contributed by atoms with van der Waals surface area (Å²) in [5, 5.41) is 3.64. The van der Waals surface area contributed by atoms with Gasteiger partial charge in [-0.3, -0.25) is 14.4 Å². The molecule has 2 amide bonds. The summed E-state index contributed by atoms with van der Waals surface area (Å²) in [4.78, 5) is 43.8. The van der Waals surface area contributed by atoms with Gasteiger partial charge in [0.15, 0.2) is 5.16 Å². The first-order valence-corrected chi connectivity index (χ1v) is 10.5. The molecule has 0 saturated heterocycles. The Morgan fingerprint density at radius 3 is 2.66 bits per heavy atom. The molecule has 0 radical (unpaired) electrons. The van der Waals surface area contributed by atoms with Gasteiger partial charge in [0, 0.05) is 17.8 Å². The van der Waals surface area contributed by atoms with E-state index < -0.39 is 5.56 Å². The maximum atomic E-state index is 13.1. The minimum atomic E-state index is -0.445. The highest BCUT2D eigenvalue weighted by molar-refractivity contribution is 7.98. The molecular weight excluding hydrogens is 416 g/mol. The van der Waals surface area contributed by atoms with E-state index in [2.05, 4.69) is 10.3 Å². The number of anilines is 1. The predicted molar refractivity (Wildman–Crippen MR) is 112 cm³/mol. The van der Waals surface area contributed by atoms with Crippen LogP contribution in [0.5, 0.6) is 0 Å². The Bertz CT molecular complexity index is 993. The van der Waals surface area contributed by atoms with Crippen LogP contribution in [0.25, 0.3) is 0 Å². The van der Waals surface area contributed by atoms with Crippen LogP contribution in [0.3, 0.4) is 0 Å². The number of carbonyl (C=O) groups is 2. The molecule has 2 heterocycles. The zero-order valence-electron chi connectivity index (χ0n) is 16.3. The summed E-state index contributed by atoms with van der Waals surface area (Å²) in [6.45, 7) is 2.19. The van der Waals surface area contributed by atoms with Gasteiger partial charge in [-0.2, -0.15) is 4.98 Å². The van der Waals surface area contributed by atoms with Crippen molar-refractivity contribution < 1.29 is 14.3 Å². The maximum absolute atomic E-state index is 13.1. The summed E-state index contributed by atoms with van der Waals surface area (Å²) in [6, 6.07) is 6.49. The largest absolute Gasteiger partial charge is 0.383 e. The van der Waals surface area contributed by atoms with Crippen molar-refractivity contribution in [3.8, 4) is 0 Å². The molecule has 2 aromatic rings. The number of ether oxygens (including phenoxy) is 1. The summed E-state index contributed by atoms with van der Waals surface area (Å²) < 4.78 is 6.64. The second-order valence-corrected chi connectivity index (χ2v) is 7.82. The number of aromatic nitrogens is 2. The number of hydrogen-bond donors (Lipinski definition) is 1. The summed E-state index contributed by atoms with van der Waals surface area (Å²) >= 11 is 7.07. The highest BCUT2D eigenvalue weighted by atomic mass is 35.5. The number of nitrogens with one attached hydrogen (secondary N) is 1. The topological polar surface area (TPSA) is 93.5 Å². The van der Waals surface area contributed by atoms with Crippen molar-refractivity contribution in [1.82, 2.24) is 14.5 Å². The molecule has 8 nitrogen and oxygen atoms in total. The molecule has 1 aliphatic heterocycles. The molecule has 29 heavy (non-hydrogen) atoms. The number of benzene rings is 1. The Morgan fingerprint density at radius 2 is 2.03 bits per heavy atom. The number of hydrogen-bond acceptors (Lipinski definition) is 6. The van der Waals surface area contributed by atoms with E-state index in [1.807, 2.05) is 6.92 Å². The molecule has 0 spiro atoms. The lowest BCUT2D eigenvalue weighted by molar-refractivity contribution is -0.116. The van der Waals surface area contributed by atoms with Crippen molar-refractivity contribution in [3.05, 3.63) is 50.9 Å². The van der Waals surface area contributed by atoms with Crippen molar-refractivity contribution in [2.24, 2.45) is 0 Å². The van der Waals surface area contributed by atoms with Gasteiger partial charge in [0.05, 0.1) is 24.8 Å². The van der Waals surface area contributed by atoms with Crippen molar-refractivity contribution in [3.63, 3.8) is 0 Å². The average molecular weight is 437 g/mol. The molecule has 154 valence electrons. The maximum Gasteiger partial charge on any atom is 0.279 e. The first-order chi connectivity index (χ1) is 13.8. The number of fused-ring (bicyclic) bond motifs is 1. The van der Waals surface area contributed by atoms with Gasteiger partial charge in [-0.05, 0) is 37.4 Å². The fraction of sp³-hybridized carbons (Fsp3) is 0.368. The molecular formula is C19H21ClN4O4S. The molecule has 1 aliphatic rings. The van der Waals surface area contributed by atoms with Crippen LogP contribution in [-0.4, -0.2) is 52.3 Å². The normalized spacial score (nSPS) is 14.1. The predicted octanol–water partition coefficient (Wildman–Crippen LogP) is 2.25. The fourth-order valence-corrected chi connectivity index (χ4v) is 3.88. The zero-order chi connectivity index (χ0) is 21.1. The highest BCUT2D eigenvalue weighted by Crippen LogP contribution is 2.25. The fourth-order valence-electron chi connectivity index (χ4n) is 3.21. The Morgan fingerprint density at radius 1 is 1.34 bits per heavy atom. The molecule has 1 atom stereocenters. The van der Waals surface area contributed by atoms with Gasteiger partial charge < -0.3 is 19.5 Å². The number of halogens is 1. The SMILES string of the molecule is COC[C@H](C)N1Cc2c(n(CC(=O)Nc3ccc(Cl)cc3)c(SC)nc2=O)C1=O. The van der Waals surface area contributed by atoms with Crippen LogP contribution in [0.1, 0.15) is 23.0 Å². The molecule has 0 fully saturated rings. The van der Waals surface area contributed by atoms with Gasteiger partial charge in [-0.15, -0.1) is 0 Å². The van der Waals surface area contributed by atoms with Gasteiger partial charge in [0.2, 0.25) is 5.91 Å². The van der Waals surface area contributed by atoms with Crippen LogP contribution in [-0.2, 0) is 22.6 Å². The average Bonchev–Trinajstić information content (AvgIpc) is 3.04. The van der Waals surface area contributed by atoms with Crippen molar-refractivity contribution in [1.29, 1.82) is 0 Å². The molecule has 0 unspecified atom stereocenters. The summed E-state index contributed by atoms with van der Waals surface area (Å²) in [6.07, 6.45) is 1.74. The molecule has 1 aromatic heterocycles. The molecule has 1 N–H and O–H groups in total. The van der Waals surface area contributed by atoms with Crippen LogP contribution in [0, 0.1) is 0 Å². The van der Waals surface area contributed by atoms with Crippen LogP contribution in [0.4, 0.5) is 5.69 Å². The minimum Gasteiger partial charge on any atom is -0.383 e. The van der Waals surface area contributed by atoms with Crippen molar-refractivity contribution in [2.45, 2.75) is 31.2 Å². The van der Waals surface area contributed by atoms with Crippen LogP contribution < -0.4 is 10.9 Å². The van der Waals surface area contributed by atoms with E-state index in [1.165, 1.54) is 16.3 Å². The number of methoxy groups -OCH3 is 1. The van der Waals surface area contributed by atoms with E-state index >= 15 is 0 Å². The van der Waals surface area contributed by atoms with Crippen LogP contribution in [0.2, 0.25) is 5.02 Å². The molecule has 3 rings (SSSR count). The van der Waals surface area contributed by atoms with E-state index in [0.717, 1.165) is 0 Å². The van der Waals surface area contributed by atoms with E-state index in [9.17, 15) is 14.4 Å². The molecule has 0 saturated carbocycles. The van der Waals surface area contributed by atoms with Crippen molar-refractivity contribution >= 4 is 40.9 Å². The molecule has 1 aromatic carbocycles. The molecule has 10 heteroatoms. The highest BCUT2D eigenvalue weighted by Gasteiger charge is 2.36. The molecule has 0 bridgehead atoms. The number of carbonyl (C=O) groups excluding carboxylic acids is 2. The summed E-state index contributed by atoms with van der Waals surface area (Å²) in [5.41, 5.74) is 0.648. The Labute approximate surface area is 177 Å². The van der Waals surface area contributed by atoms with Crippen LogP contribution in [0.15, 0.2) is 34.2 Å². The van der Waals surface area contributed by atoms with Gasteiger partial charge in [-0.1, -0.05) is 23.4 Å². The smallest absolute Gasteiger partial charge is 0.279 e. The number of amides is 2. The number of nitrogens with zero attached hydrogens (tertiary/aromatic N) is 3. The Kier molecular flexibility index (Phi) is 6.61. The Balaban J connectivity index is 1.92. The van der Waals surface area contributed by atoms with Crippen LogP contribution >= 0.6 is 23.4 Å². The second-order valence-electron chi connectivity index (χ2n) is 6.61. The lowest BCUT2D eigenvalue weighted by atomic mass is 10.2. The standard InChI is InChI=1S/C19H21ClN4O4S/c1-11(10-28-2)23-8-14-16(18(23)27)24(19(29-3)22-17(14)26)9-15(25)21-13-6-4-12(20)5-7-13/h4-7,11H,8-10H2,1-3H3,(H,21,25)/t11-/m0/s1. The third-order valence-electron chi connectivity index (χ3n) is 4.59. The van der Waals surface area contributed by atoms with E-state index in [4.69, 9.17) is 16.3 Å². The monoisotopic (exact) mass is 436 g/mol. The number of thioether (sulfide) groups is 1. The first kappa shape index (κ1) is 21.4. The lowest BCUT2D eigenvalue weighted by Crippen LogP contribution is -2.37. The minimum absolute atomic E-state index is 0.146. The van der Waals surface area contributed by atoms with E-state index in [1.54, 1.807) is 42.5 Å².